The molecule has 0 atom stereocenters. The summed E-state index contributed by atoms with van der Waals surface area (Å²) in [5.74, 6) is 0. The number of hydrogen-bond donors (Lipinski definition) is 0. The van der Waals surface area contributed by atoms with Gasteiger partial charge in [-0.05, 0) is 84.6 Å². The molecule has 0 aromatic heterocycles. The van der Waals surface area contributed by atoms with E-state index in [0.29, 0.717) is 0 Å². The van der Waals surface area contributed by atoms with Gasteiger partial charge in [0, 0.05) is 0 Å². The molecule has 0 saturated heterocycles. The van der Waals surface area contributed by atoms with Crippen LogP contribution in [-0.2, 0) is 6.42 Å². The summed E-state index contributed by atoms with van der Waals surface area (Å²) in [6, 6.07) is 40.0. The molecule has 1 aliphatic rings. The van der Waals surface area contributed by atoms with Gasteiger partial charge < -0.3 is 0 Å². The first-order valence-corrected chi connectivity index (χ1v) is 12.1. The Morgan fingerprint density at radius 3 is 1.94 bits per heavy atom. The summed E-state index contributed by atoms with van der Waals surface area (Å²) in [5.41, 5.74) is 8.20. The van der Waals surface area contributed by atoms with Gasteiger partial charge in [0.15, 0.2) is 0 Å². The number of fused-ring (bicyclic) bond motifs is 5. The third kappa shape index (κ3) is 2.92. The van der Waals surface area contributed by atoms with Gasteiger partial charge in [0.1, 0.15) is 0 Å². The van der Waals surface area contributed by atoms with E-state index >= 15 is 0 Å². The van der Waals surface area contributed by atoms with Crippen molar-refractivity contribution in [3.05, 3.63) is 126 Å². The van der Waals surface area contributed by atoms with Crippen molar-refractivity contribution in [1.29, 1.82) is 0 Å². The Kier molecular flexibility index (Phi) is 4.38. The van der Waals surface area contributed by atoms with E-state index in [1.165, 1.54) is 65.7 Å². The zero-order chi connectivity index (χ0) is 22.5. The molecule has 0 spiro atoms. The zero-order valence-corrected chi connectivity index (χ0v) is 19.0. The van der Waals surface area contributed by atoms with Crippen molar-refractivity contribution in [2.24, 2.45) is 0 Å². The standard InChI is InChI=1S/C34H24/c1-2-11-25(12-3-1)33-28-14-6-8-16-30(28)34(31-17-9-7-15-29(31)33)26-21-20-24-19-18-23-10-4-5-13-27(23)32(24)22-26/h1-6,8-14,16-22H,7,15H2. The van der Waals surface area contributed by atoms with E-state index in [1.54, 1.807) is 0 Å². The highest BCUT2D eigenvalue weighted by molar-refractivity contribution is 6.13. The second-order valence-corrected chi connectivity index (χ2v) is 9.22. The van der Waals surface area contributed by atoms with Gasteiger partial charge in [-0.15, -0.1) is 0 Å². The molecule has 6 aromatic rings. The average molecular weight is 433 g/mol. The van der Waals surface area contributed by atoms with Gasteiger partial charge in [0.2, 0.25) is 0 Å². The highest BCUT2D eigenvalue weighted by atomic mass is 14.2. The van der Waals surface area contributed by atoms with Crippen molar-refractivity contribution in [1.82, 2.24) is 0 Å². The molecule has 34 heavy (non-hydrogen) atoms. The molecule has 0 fully saturated rings. The Balaban J connectivity index is 1.60. The molecule has 1 aliphatic carbocycles. The molecule has 0 amide bonds. The smallest absolute Gasteiger partial charge is 0.00295 e. The summed E-state index contributed by atoms with van der Waals surface area (Å²) in [6.07, 6.45) is 6.86. The van der Waals surface area contributed by atoms with Crippen molar-refractivity contribution in [2.75, 3.05) is 0 Å². The summed E-state index contributed by atoms with van der Waals surface area (Å²) in [6.45, 7) is 0. The number of allylic oxidation sites excluding steroid dienone is 1. The summed E-state index contributed by atoms with van der Waals surface area (Å²) >= 11 is 0. The van der Waals surface area contributed by atoms with E-state index in [4.69, 9.17) is 0 Å². The zero-order valence-electron chi connectivity index (χ0n) is 19.0. The Labute approximate surface area is 199 Å². The Hall–Kier alpha value is -4.16. The summed E-state index contributed by atoms with van der Waals surface area (Å²) in [7, 11) is 0. The van der Waals surface area contributed by atoms with E-state index in [2.05, 4.69) is 121 Å². The molecule has 0 heteroatoms. The molecular weight excluding hydrogens is 408 g/mol. The van der Waals surface area contributed by atoms with E-state index in [0.717, 1.165) is 12.8 Å². The maximum Gasteiger partial charge on any atom is -0.00295 e. The molecule has 0 saturated carbocycles. The van der Waals surface area contributed by atoms with Gasteiger partial charge in [-0.1, -0.05) is 115 Å². The monoisotopic (exact) mass is 432 g/mol. The van der Waals surface area contributed by atoms with Gasteiger partial charge in [-0.25, -0.2) is 0 Å². The van der Waals surface area contributed by atoms with Gasteiger partial charge in [0.25, 0.3) is 0 Å². The predicted octanol–water partition coefficient (Wildman–Crippen LogP) is 9.44. The first-order chi connectivity index (χ1) is 16.9. The molecule has 0 heterocycles. The molecular formula is C34H24. The first kappa shape index (κ1) is 19.3. The van der Waals surface area contributed by atoms with Crippen LogP contribution in [0.1, 0.15) is 17.5 Å². The Bertz CT molecular complexity index is 1740. The normalized spacial score (nSPS) is 12.9. The van der Waals surface area contributed by atoms with Crippen LogP contribution in [-0.4, -0.2) is 0 Å². The summed E-state index contributed by atoms with van der Waals surface area (Å²) in [4.78, 5) is 0. The average Bonchev–Trinajstić information content (AvgIpc) is 2.92. The lowest BCUT2D eigenvalue weighted by atomic mass is 9.80. The van der Waals surface area contributed by atoms with Crippen molar-refractivity contribution >= 4 is 38.4 Å². The SMILES string of the molecule is C1=Cc2c(c(-c3ccccc3)c3ccccc3c2-c2ccc3ccc4ccccc4c3c2)CC1. The molecule has 0 radical (unpaired) electrons. The van der Waals surface area contributed by atoms with Gasteiger partial charge in [-0.3, -0.25) is 0 Å². The lowest BCUT2D eigenvalue weighted by molar-refractivity contribution is 0.991. The van der Waals surface area contributed by atoms with Gasteiger partial charge in [-0.2, -0.15) is 0 Å². The van der Waals surface area contributed by atoms with Crippen LogP contribution >= 0.6 is 0 Å². The number of hydrogen-bond acceptors (Lipinski definition) is 0. The summed E-state index contributed by atoms with van der Waals surface area (Å²) in [5, 5.41) is 7.88. The minimum absolute atomic E-state index is 1.07. The van der Waals surface area contributed by atoms with Crippen LogP contribution in [0.5, 0.6) is 0 Å². The predicted molar refractivity (Wildman–Crippen MR) is 147 cm³/mol. The molecule has 160 valence electrons. The van der Waals surface area contributed by atoms with Crippen LogP contribution in [0, 0.1) is 0 Å². The fraction of sp³-hybridized carbons (Fsp3) is 0.0588. The van der Waals surface area contributed by atoms with Crippen molar-refractivity contribution in [3.8, 4) is 22.3 Å². The van der Waals surface area contributed by atoms with Crippen LogP contribution in [0.15, 0.2) is 115 Å². The second kappa shape index (κ2) is 7.71. The maximum absolute atomic E-state index is 2.41. The molecule has 7 rings (SSSR count). The van der Waals surface area contributed by atoms with Crippen LogP contribution < -0.4 is 0 Å². The highest BCUT2D eigenvalue weighted by Crippen LogP contribution is 2.45. The lowest BCUT2D eigenvalue weighted by Gasteiger charge is -2.24. The largest absolute Gasteiger partial charge is 0.0836 e. The van der Waals surface area contributed by atoms with E-state index in [1.807, 2.05) is 0 Å². The van der Waals surface area contributed by atoms with Crippen LogP contribution in [0.2, 0.25) is 0 Å². The van der Waals surface area contributed by atoms with Crippen LogP contribution in [0.25, 0.3) is 60.6 Å². The second-order valence-electron chi connectivity index (χ2n) is 9.22. The van der Waals surface area contributed by atoms with Crippen molar-refractivity contribution in [2.45, 2.75) is 12.8 Å². The first-order valence-electron chi connectivity index (χ1n) is 12.1. The highest BCUT2D eigenvalue weighted by Gasteiger charge is 2.21. The van der Waals surface area contributed by atoms with E-state index in [9.17, 15) is 0 Å². The molecule has 0 aliphatic heterocycles. The third-order valence-electron chi connectivity index (χ3n) is 7.31. The fourth-order valence-corrected chi connectivity index (χ4v) is 5.79. The van der Waals surface area contributed by atoms with Crippen LogP contribution in [0.3, 0.4) is 0 Å². The minimum atomic E-state index is 1.07. The molecule has 0 nitrogen and oxygen atoms in total. The molecule has 0 N–H and O–H groups in total. The van der Waals surface area contributed by atoms with Crippen molar-refractivity contribution < 1.29 is 0 Å². The topological polar surface area (TPSA) is 0 Å². The quantitative estimate of drug-likeness (QED) is 0.239. The Morgan fingerprint density at radius 1 is 0.471 bits per heavy atom. The summed E-state index contributed by atoms with van der Waals surface area (Å²) < 4.78 is 0. The maximum atomic E-state index is 2.41. The van der Waals surface area contributed by atoms with Crippen LogP contribution in [0.4, 0.5) is 0 Å². The number of rotatable bonds is 2. The van der Waals surface area contributed by atoms with Gasteiger partial charge >= 0.3 is 0 Å². The lowest BCUT2D eigenvalue weighted by Crippen LogP contribution is -2.02. The third-order valence-corrected chi connectivity index (χ3v) is 7.31. The molecule has 6 aromatic carbocycles. The Morgan fingerprint density at radius 2 is 1.12 bits per heavy atom. The minimum Gasteiger partial charge on any atom is -0.0836 e. The van der Waals surface area contributed by atoms with E-state index < -0.39 is 0 Å². The molecule has 0 unspecified atom stereocenters. The molecule has 0 bridgehead atoms. The van der Waals surface area contributed by atoms with E-state index in [-0.39, 0.29) is 0 Å². The van der Waals surface area contributed by atoms with Crippen molar-refractivity contribution in [3.63, 3.8) is 0 Å². The number of benzene rings is 6. The fourth-order valence-electron chi connectivity index (χ4n) is 5.79. The van der Waals surface area contributed by atoms with Gasteiger partial charge in [0.05, 0.1) is 0 Å².